The van der Waals surface area contributed by atoms with Gasteiger partial charge in [0.1, 0.15) is 6.10 Å². The van der Waals surface area contributed by atoms with Crippen LogP contribution in [0.4, 0.5) is 0 Å². The van der Waals surface area contributed by atoms with Crippen LogP contribution >= 0.6 is 15.9 Å². The van der Waals surface area contributed by atoms with Crippen LogP contribution in [0.25, 0.3) is 0 Å². The van der Waals surface area contributed by atoms with Crippen molar-refractivity contribution in [1.82, 2.24) is 0 Å². The summed E-state index contributed by atoms with van der Waals surface area (Å²) >= 11 is 3.34. The molecule has 2 rings (SSSR count). The van der Waals surface area contributed by atoms with Gasteiger partial charge in [0.05, 0.1) is 5.71 Å². The molecule has 0 amide bonds. The molecule has 0 saturated heterocycles. The number of hydrogen-bond donors (Lipinski definition) is 1. The Balaban J connectivity index is 2.12. The predicted octanol–water partition coefficient (Wildman–Crippen LogP) is 2.22. The van der Waals surface area contributed by atoms with Crippen molar-refractivity contribution in [2.45, 2.75) is 30.6 Å². The smallest absolute Gasteiger partial charge is 0.324 e. The predicted molar refractivity (Wildman–Crippen MR) is 85.7 cm³/mol. The molecule has 1 aromatic carbocycles. The summed E-state index contributed by atoms with van der Waals surface area (Å²) in [4.78, 5) is 16.6. The average molecular weight is 390 g/mol. The number of carbonyl (C=O) groups is 1. The van der Waals surface area contributed by atoms with Crippen LogP contribution in [0.1, 0.15) is 25.3 Å². The monoisotopic (exact) mass is 389 g/mol. The molecule has 1 aromatic rings. The summed E-state index contributed by atoms with van der Waals surface area (Å²) < 4.78 is 22.6. The van der Waals surface area contributed by atoms with Crippen LogP contribution in [0.15, 0.2) is 33.9 Å². The van der Waals surface area contributed by atoms with Crippen molar-refractivity contribution in [2.75, 3.05) is 6.26 Å². The third-order valence-electron chi connectivity index (χ3n) is 3.80. The van der Waals surface area contributed by atoms with Gasteiger partial charge in [0, 0.05) is 23.6 Å². The summed E-state index contributed by atoms with van der Waals surface area (Å²) in [5.41, 5.74) is 1.54. The highest BCUT2D eigenvalue weighted by atomic mass is 79.9. The van der Waals surface area contributed by atoms with Gasteiger partial charge < -0.3 is 9.94 Å². The first-order valence-electron chi connectivity index (χ1n) is 6.55. The summed E-state index contributed by atoms with van der Waals surface area (Å²) in [5.74, 6) is -1.38. The van der Waals surface area contributed by atoms with Crippen LogP contribution in [0.3, 0.4) is 0 Å². The fourth-order valence-electron chi connectivity index (χ4n) is 2.18. The van der Waals surface area contributed by atoms with Crippen LogP contribution in [0.2, 0.25) is 0 Å². The zero-order valence-corrected chi connectivity index (χ0v) is 14.5. The summed E-state index contributed by atoms with van der Waals surface area (Å²) in [6.45, 7) is 1.20. The summed E-state index contributed by atoms with van der Waals surface area (Å²) in [6.07, 6.45) is 0.576. The summed E-state index contributed by atoms with van der Waals surface area (Å²) in [7, 11) is -3.78. The normalized spacial score (nSPS) is 20.9. The summed E-state index contributed by atoms with van der Waals surface area (Å²) in [6, 6.07) is 7.45. The van der Waals surface area contributed by atoms with E-state index in [-0.39, 0.29) is 6.42 Å². The molecule has 0 spiro atoms. The first-order valence-corrected chi connectivity index (χ1v) is 9.23. The topological polar surface area (TPSA) is 93.0 Å². The van der Waals surface area contributed by atoms with Crippen molar-refractivity contribution in [3.63, 3.8) is 0 Å². The second-order valence-electron chi connectivity index (χ2n) is 5.49. The van der Waals surface area contributed by atoms with E-state index in [4.69, 9.17) is 4.84 Å². The van der Waals surface area contributed by atoms with Gasteiger partial charge in [-0.2, -0.15) is 0 Å². The quantitative estimate of drug-likeness (QED) is 0.832. The third kappa shape index (κ3) is 3.33. The number of sulfone groups is 1. The van der Waals surface area contributed by atoms with Gasteiger partial charge >= 0.3 is 5.97 Å². The second kappa shape index (κ2) is 6.00. The lowest BCUT2D eigenvalue weighted by molar-refractivity contribution is -0.140. The number of aliphatic carboxylic acids is 1. The van der Waals surface area contributed by atoms with Crippen molar-refractivity contribution in [2.24, 2.45) is 5.16 Å². The highest BCUT2D eigenvalue weighted by molar-refractivity contribution is 9.10. The lowest BCUT2D eigenvalue weighted by atomic mass is 9.97. The lowest BCUT2D eigenvalue weighted by Gasteiger charge is -2.24. The van der Waals surface area contributed by atoms with Gasteiger partial charge in [-0.15, -0.1) is 0 Å². The Bertz CT molecular complexity index is 713. The van der Waals surface area contributed by atoms with E-state index >= 15 is 0 Å². The molecule has 2 atom stereocenters. The fraction of sp³-hybridized carbons (Fsp3) is 0.429. The molecule has 22 heavy (non-hydrogen) atoms. The fourth-order valence-corrected chi connectivity index (χ4v) is 3.25. The van der Waals surface area contributed by atoms with Crippen LogP contribution in [-0.4, -0.2) is 42.3 Å². The van der Waals surface area contributed by atoms with E-state index < -0.39 is 26.7 Å². The maximum absolute atomic E-state index is 11.8. The SMILES string of the molecule is CC(C[C@H]1CC(c2ccc(Br)cc2)=NO1)(C(=O)O)S(C)(=O)=O. The lowest BCUT2D eigenvalue weighted by Crippen LogP contribution is -2.45. The molecule has 0 radical (unpaired) electrons. The minimum Gasteiger partial charge on any atom is -0.480 e. The molecule has 0 saturated carbocycles. The van der Waals surface area contributed by atoms with Crippen molar-refractivity contribution in [3.8, 4) is 0 Å². The van der Waals surface area contributed by atoms with Crippen LogP contribution in [0, 0.1) is 0 Å². The van der Waals surface area contributed by atoms with Crippen molar-refractivity contribution < 1.29 is 23.2 Å². The van der Waals surface area contributed by atoms with Gasteiger partial charge in [-0.25, -0.2) is 8.42 Å². The largest absolute Gasteiger partial charge is 0.480 e. The molecule has 8 heteroatoms. The molecule has 6 nitrogen and oxygen atoms in total. The van der Waals surface area contributed by atoms with Crippen molar-refractivity contribution >= 4 is 37.4 Å². The van der Waals surface area contributed by atoms with Gasteiger partial charge in [-0.3, -0.25) is 4.79 Å². The van der Waals surface area contributed by atoms with E-state index in [0.717, 1.165) is 16.3 Å². The molecule has 0 bridgehead atoms. The molecular weight excluding hydrogens is 374 g/mol. The van der Waals surface area contributed by atoms with Crippen molar-refractivity contribution in [1.29, 1.82) is 0 Å². The summed E-state index contributed by atoms with van der Waals surface area (Å²) in [5, 5.41) is 13.2. The van der Waals surface area contributed by atoms with E-state index in [1.54, 1.807) is 0 Å². The number of halogens is 1. The molecule has 0 aliphatic carbocycles. The van der Waals surface area contributed by atoms with Crippen LogP contribution in [0.5, 0.6) is 0 Å². The maximum atomic E-state index is 11.8. The second-order valence-corrected chi connectivity index (χ2v) is 8.85. The van der Waals surface area contributed by atoms with E-state index in [1.165, 1.54) is 6.92 Å². The molecule has 1 heterocycles. The Morgan fingerprint density at radius 2 is 2.05 bits per heavy atom. The number of carboxylic acids is 1. The van der Waals surface area contributed by atoms with Gasteiger partial charge in [0.15, 0.2) is 14.6 Å². The number of carboxylic acid groups (broad SMARTS) is 1. The van der Waals surface area contributed by atoms with Crippen LogP contribution in [-0.2, 0) is 19.5 Å². The minimum atomic E-state index is -3.78. The number of oxime groups is 1. The first kappa shape index (κ1) is 17.0. The van der Waals surface area contributed by atoms with Crippen molar-refractivity contribution in [3.05, 3.63) is 34.3 Å². The number of nitrogens with zero attached hydrogens (tertiary/aromatic N) is 1. The Kier molecular flexibility index (Phi) is 4.62. The molecule has 0 fully saturated rings. The molecule has 1 aliphatic heterocycles. The Labute approximate surface area is 137 Å². The third-order valence-corrected chi connectivity index (χ3v) is 6.31. The Hall–Kier alpha value is -1.41. The zero-order valence-electron chi connectivity index (χ0n) is 12.1. The first-order chi connectivity index (χ1) is 10.1. The number of hydrogen-bond acceptors (Lipinski definition) is 5. The zero-order chi connectivity index (χ0) is 16.5. The molecular formula is C14H16BrNO5S. The number of rotatable bonds is 5. The molecule has 120 valence electrons. The van der Waals surface area contributed by atoms with Gasteiger partial charge in [0.2, 0.25) is 0 Å². The molecule has 0 aromatic heterocycles. The van der Waals surface area contributed by atoms with Gasteiger partial charge in [-0.05, 0) is 24.6 Å². The molecule has 1 aliphatic rings. The Morgan fingerprint density at radius 3 is 2.55 bits per heavy atom. The highest BCUT2D eigenvalue weighted by Crippen LogP contribution is 2.29. The maximum Gasteiger partial charge on any atom is 0.324 e. The van der Waals surface area contributed by atoms with Gasteiger partial charge in [-0.1, -0.05) is 33.2 Å². The standard InChI is InChI=1S/C14H16BrNO5S/c1-14(13(17)18,22(2,19)20)8-11-7-12(16-21-11)9-3-5-10(15)6-4-9/h3-6,11H,7-8H2,1-2H3,(H,17,18)/t11-,14?/m1/s1. The van der Waals surface area contributed by atoms with Crippen LogP contribution < -0.4 is 0 Å². The molecule has 1 unspecified atom stereocenters. The average Bonchev–Trinajstić information content (AvgIpc) is 2.86. The number of benzene rings is 1. The van der Waals surface area contributed by atoms with E-state index in [2.05, 4.69) is 21.1 Å². The van der Waals surface area contributed by atoms with Gasteiger partial charge in [0.25, 0.3) is 0 Å². The molecule has 1 N–H and O–H groups in total. The van der Waals surface area contributed by atoms with E-state index in [1.807, 2.05) is 24.3 Å². The van der Waals surface area contributed by atoms with E-state index in [9.17, 15) is 18.3 Å². The highest BCUT2D eigenvalue weighted by Gasteiger charge is 2.47. The minimum absolute atomic E-state index is 0.148. The Morgan fingerprint density at radius 1 is 1.45 bits per heavy atom. The van der Waals surface area contributed by atoms with E-state index in [0.29, 0.717) is 12.1 Å².